The lowest BCUT2D eigenvalue weighted by Gasteiger charge is -2.23. The third-order valence-electron chi connectivity index (χ3n) is 9.22. The average molecular weight is 660 g/mol. The third kappa shape index (κ3) is 6.78. The van der Waals surface area contributed by atoms with Crippen molar-refractivity contribution in [3.8, 4) is 11.1 Å². The molecule has 4 aromatic rings. The third-order valence-corrected chi connectivity index (χ3v) is 9.22. The number of aromatic nitrogens is 3. The Labute approximate surface area is 278 Å². The lowest BCUT2D eigenvalue weighted by molar-refractivity contribution is -0.136. The molecule has 0 saturated heterocycles. The molecule has 0 bridgehead atoms. The van der Waals surface area contributed by atoms with Crippen molar-refractivity contribution < 1.29 is 22.3 Å². The predicted molar refractivity (Wildman–Crippen MR) is 182 cm³/mol. The summed E-state index contributed by atoms with van der Waals surface area (Å²) < 4.78 is 67.8. The van der Waals surface area contributed by atoms with Gasteiger partial charge in [-0.25, -0.2) is 9.38 Å². The van der Waals surface area contributed by atoms with Gasteiger partial charge in [-0.3, -0.25) is 4.68 Å². The van der Waals surface area contributed by atoms with Crippen molar-refractivity contribution in [2.45, 2.75) is 77.8 Å². The fraction of sp³-hybridized carbons (Fsp3) is 0.395. The molecule has 252 valence electrons. The van der Waals surface area contributed by atoms with Crippen molar-refractivity contribution in [3.05, 3.63) is 107 Å². The van der Waals surface area contributed by atoms with Crippen molar-refractivity contribution in [2.24, 2.45) is 10.9 Å². The molecule has 0 fully saturated rings. The van der Waals surface area contributed by atoms with Crippen LogP contribution in [0.5, 0.6) is 0 Å². The molecule has 2 aliphatic rings. The van der Waals surface area contributed by atoms with Gasteiger partial charge in [0.1, 0.15) is 18.0 Å². The molecule has 2 unspecified atom stereocenters. The largest absolute Gasteiger partial charge is 0.417 e. The maximum Gasteiger partial charge on any atom is 0.417 e. The summed E-state index contributed by atoms with van der Waals surface area (Å²) in [4.78, 5) is 4.42. The summed E-state index contributed by atoms with van der Waals surface area (Å²) in [5, 5.41) is 8.15. The summed E-state index contributed by atoms with van der Waals surface area (Å²) in [6.45, 7) is 11.5. The Morgan fingerprint density at radius 2 is 1.96 bits per heavy atom. The summed E-state index contributed by atoms with van der Waals surface area (Å²) in [6, 6.07) is 10.1. The predicted octanol–water partition coefficient (Wildman–Crippen LogP) is 8.89. The van der Waals surface area contributed by atoms with Crippen molar-refractivity contribution in [1.82, 2.24) is 19.7 Å². The first-order valence-corrected chi connectivity index (χ1v) is 16.6. The second-order valence-corrected chi connectivity index (χ2v) is 12.7. The van der Waals surface area contributed by atoms with Crippen LogP contribution in [0.4, 0.5) is 17.6 Å². The van der Waals surface area contributed by atoms with E-state index < -0.39 is 24.0 Å². The summed E-state index contributed by atoms with van der Waals surface area (Å²) in [5.41, 5.74) is 7.32. The van der Waals surface area contributed by atoms with E-state index in [1.54, 1.807) is 13.1 Å². The van der Waals surface area contributed by atoms with E-state index in [2.05, 4.69) is 29.5 Å². The quantitative estimate of drug-likeness (QED) is 0.0939. The second kappa shape index (κ2) is 14.0. The van der Waals surface area contributed by atoms with Gasteiger partial charge in [-0.1, -0.05) is 50.8 Å². The van der Waals surface area contributed by atoms with Gasteiger partial charge in [0.05, 0.1) is 23.3 Å². The van der Waals surface area contributed by atoms with Gasteiger partial charge in [-0.05, 0) is 67.0 Å². The number of halogens is 4. The van der Waals surface area contributed by atoms with Gasteiger partial charge in [0.15, 0.2) is 0 Å². The molecular weight excluding hydrogens is 618 g/mol. The number of fused-ring (bicyclic) bond motifs is 2. The van der Waals surface area contributed by atoms with Crippen LogP contribution in [0.1, 0.15) is 67.1 Å². The van der Waals surface area contributed by atoms with Crippen molar-refractivity contribution in [3.63, 3.8) is 0 Å². The number of amidine groups is 1. The van der Waals surface area contributed by atoms with E-state index >= 15 is 0 Å². The van der Waals surface area contributed by atoms with Crippen LogP contribution in [0.2, 0.25) is 0 Å². The van der Waals surface area contributed by atoms with E-state index in [-0.39, 0.29) is 29.8 Å². The van der Waals surface area contributed by atoms with Crippen LogP contribution in [0.25, 0.3) is 22.0 Å². The van der Waals surface area contributed by atoms with Crippen LogP contribution in [0.3, 0.4) is 0 Å². The van der Waals surface area contributed by atoms with E-state index in [4.69, 9.17) is 9.84 Å². The second-order valence-electron chi connectivity index (χ2n) is 12.7. The SMILES string of the molecule is C=C=C(NC1=NC=CC1C)C(c1ccn2c1C[C@@H](F)C2)n1cc2c(C(F)(F)F)cc(-c3ccc(CCCCOCCC)cc3)c(C)c2n1. The zero-order valence-corrected chi connectivity index (χ0v) is 27.6. The van der Waals surface area contributed by atoms with Gasteiger partial charge >= 0.3 is 6.18 Å². The molecule has 0 saturated carbocycles. The molecule has 2 aromatic heterocycles. The molecule has 0 spiro atoms. The molecule has 6 rings (SSSR count). The molecule has 48 heavy (non-hydrogen) atoms. The Balaban J connectivity index is 1.40. The number of nitrogens with zero attached hydrogens (tertiary/aromatic N) is 4. The minimum Gasteiger partial charge on any atom is -0.381 e. The number of hydrogen-bond acceptors (Lipinski definition) is 4. The normalized spacial score (nSPS) is 17.9. The molecule has 2 aromatic carbocycles. The Morgan fingerprint density at radius 3 is 2.65 bits per heavy atom. The van der Waals surface area contributed by atoms with Crippen LogP contribution >= 0.6 is 0 Å². The van der Waals surface area contributed by atoms with Crippen LogP contribution < -0.4 is 5.32 Å². The summed E-state index contributed by atoms with van der Waals surface area (Å²) in [6.07, 6.45) is 5.21. The fourth-order valence-corrected chi connectivity index (χ4v) is 6.67. The zero-order chi connectivity index (χ0) is 34.0. The number of aryl methyl sites for hydroxylation is 2. The molecular formula is C38H41F4N5O. The number of allylic oxidation sites excluding steroid dienone is 1. The highest BCUT2D eigenvalue weighted by Gasteiger charge is 2.37. The molecule has 10 heteroatoms. The van der Waals surface area contributed by atoms with E-state index in [1.165, 1.54) is 16.9 Å². The van der Waals surface area contributed by atoms with Crippen LogP contribution in [-0.2, 0) is 30.3 Å². The summed E-state index contributed by atoms with van der Waals surface area (Å²) in [5.74, 6) is 0.651. The van der Waals surface area contributed by atoms with Gasteiger partial charge in [0, 0.05) is 60.8 Å². The number of nitrogens with one attached hydrogen (secondary N) is 1. The maximum atomic E-state index is 14.8. The smallest absolute Gasteiger partial charge is 0.381 e. The molecule has 4 heterocycles. The highest BCUT2D eigenvalue weighted by molar-refractivity contribution is 5.92. The highest BCUT2D eigenvalue weighted by atomic mass is 19.4. The molecule has 6 nitrogen and oxygen atoms in total. The van der Waals surface area contributed by atoms with E-state index in [0.29, 0.717) is 28.2 Å². The standard InChI is InChI=1S/C38H41F4N5O/c1-5-18-48-19-8-7-9-26-10-12-27(13-11-26)30-21-32(38(40,41)42)31-23-47(45-35(31)25(30)4)36(29-15-17-46-22-28(39)20-34(29)46)33(6-2)44-37-24(3)14-16-43-37/h10-17,21,23-24,28,36H,2,5,7-9,18-20,22H2,1,3-4H3,(H,43,44)/t24?,28-,36?/m1/s1. The number of aliphatic imine (C=N–C) groups is 1. The Kier molecular flexibility index (Phi) is 9.76. The Hall–Kier alpha value is -4.40. The number of alkyl halides is 4. The first kappa shape index (κ1) is 33.5. The van der Waals surface area contributed by atoms with Crippen molar-refractivity contribution in [1.29, 1.82) is 0 Å². The number of rotatable bonds is 12. The topological polar surface area (TPSA) is 56.4 Å². The monoisotopic (exact) mass is 659 g/mol. The summed E-state index contributed by atoms with van der Waals surface area (Å²) in [7, 11) is 0. The van der Waals surface area contributed by atoms with E-state index in [1.807, 2.05) is 54.1 Å². The average Bonchev–Trinajstić information content (AvgIpc) is 3.84. The molecule has 2 aliphatic heterocycles. The van der Waals surface area contributed by atoms with E-state index in [0.717, 1.165) is 55.7 Å². The number of benzene rings is 2. The van der Waals surface area contributed by atoms with E-state index in [9.17, 15) is 17.6 Å². The first-order chi connectivity index (χ1) is 23.1. The molecule has 0 amide bonds. The van der Waals surface area contributed by atoms with Gasteiger partial charge in [-0.2, -0.15) is 18.3 Å². The fourth-order valence-electron chi connectivity index (χ4n) is 6.67. The minimum absolute atomic E-state index is 0.00602. The minimum atomic E-state index is -4.63. The number of hydrogen-bond donors (Lipinski definition) is 1. The van der Waals surface area contributed by atoms with Crippen LogP contribution in [-0.4, -0.2) is 39.6 Å². The van der Waals surface area contributed by atoms with Gasteiger partial charge in [-0.15, -0.1) is 5.73 Å². The van der Waals surface area contributed by atoms with Gasteiger partial charge in [0.25, 0.3) is 0 Å². The molecule has 1 N–H and O–H groups in total. The van der Waals surface area contributed by atoms with Crippen molar-refractivity contribution in [2.75, 3.05) is 13.2 Å². The maximum absolute atomic E-state index is 14.8. The van der Waals surface area contributed by atoms with Gasteiger partial charge in [0.2, 0.25) is 0 Å². The number of unbranched alkanes of at least 4 members (excludes halogenated alkanes) is 1. The van der Waals surface area contributed by atoms with Crippen LogP contribution in [0, 0.1) is 12.8 Å². The summed E-state index contributed by atoms with van der Waals surface area (Å²) >= 11 is 0. The molecule has 0 aliphatic carbocycles. The zero-order valence-electron chi connectivity index (χ0n) is 27.6. The lowest BCUT2D eigenvalue weighted by atomic mass is 9.94. The molecule has 0 radical (unpaired) electrons. The van der Waals surface area contributed by atoms with Gasteiger partial charge < -0.3 is 14.6 Å². The highest BCUT2D eigenvalue weighted by Crippen LogP contribution is 2.42. The molecule has 3 atom stereocenters. The Morgan fingerprint density at radius 1 is 1.17 bits per heavy atom. The Bertz CT molecular complexity index is 1890. The lowest BCUT2D eigenvalue weighted by Crippen LogP contribution is -2.31. The van der Waals surface area contributed by atoms with Crippen molar-refractivity contribution >= 4 is 16.7 Å². The first-order valence-electron chi connectivity index (χ1n) is 16.6. The number of ether oxygens (including phenoxy) is 1. The van der Waals surface area contributed by atoms with Crippen LogP contribution in [0.15, 0.2) is 84.1 Å².